The molecular formula is C8H5I2NNa2O5. The van der Waals surface area contributed by atoms with Crippen molar-refractivity contribution in [3.05, 3.63) is 28.8 Å². The van der Waals surface area contributed by atoms with Gasteiger partial charge in [0.05, 0.1) is 7.14 Å². The number of carbonyl (C=O) groups is 2. The fourth-order valence-electron chi connectivity index (χ4n) is 1.19. The van der Waals surface area contributed by atoms with Gasteiger partial charge in [-0.25, -0.2) is 9.59 Å². The number of aromatic carboxylic acids is 2. The quantitative estimate of drug-likeness (QED) is 0.453. The Morgan fingerprint density at radius 2 is 1.28 bits per heavy atom. The summed E-state index contributed by atoms with van der Waals surface area (Å²) in [4.78, 5) is 33.5. The molecule has 0 aliphatic rings. The second-order valence-corrected chi connectivity index (χ2v) is 4.98. The summed E-state index contributed by atoms with van der Waals surface area (Å²) in [5.74, 6) is -2.66. The molecule has 10 heteroatoms. The second kappa shape index (κ2) is 8.60. The summed E-state index contributed by atoms with van der Waals surface area (Å²) in [6, 6.07) is 0. The van der Waals surface area contributed by atoms with Crippen LogP contribution in [0.1, 0.15) is 21.0 Å². The van der Waals surface area contributed by atoms with E-state index < -0.39 is 17.4 Å². The molecule has 0 aliphatic carbocycles. The fourth-order valence-corrected chi connectivity index (χ4v) is 3.43. The Morgan fingerprint density at radius 3 is 1.50 bits per heavy atom. The van der Waals surface area contributed by atoms with Gasteiger partial charge in [0, 0.05) is 66.2 Å². The molecule has 88 valence electrons. The monoisotopic (exact) mass is 495 g/mol. The van der Waals surface area contributed by atoms with E-state index in [1.54, 1.807) is 45.2 Å². The van der Waals surface area contributed by atoms with Gasteiger partial charge < -0.3 is 14.8 Å². The number of carboxylic acid groups (broad SMARTS) is 2. The Labute approximate surface area is 173 Å². The zero-order valence-electron chi connectivity index (χ0n) is 9.82. The number of halogens is 2. The SMILES string of the molecule is Cn1c(C(=O)O)c(I)c(=O)c(I)c1C(=O)O.[Na].[Na]. The van der Waals surface area contributed by atoms with Crippen LogP contribution in [-0.2, 0) is 7.05 Å². The number of hydrogen-bond acceptors (Lipinski definition) is 3. The van der Waals surface area contributed by atoms with E-state index in [1.165, 1.54) is 7.05 Å². The Balaban J connectivity index is 0. The van der Waals surface area contributed by atoms with E-state index in [-0.39, 0.29) is 77.6 Å². The summed E-state index contributed by atoms with van der Waals surface area (Å²) < 4.78 is 0.999. The van der Waals surface area contributed by atoms with Crippen LogP contribution in [0, 0.1) is 7.14 Å². The summed E-state index contributed by atoms with van der Waals surface area (Å²) in [5.41, 5.74) is -1.21. The number of hydrogen-bond donors (Lipinski definition) is 2. The Morgan fingerprint density at radius 1 is 1.00 bits per heavy atom. The molecule has 0 aromatic carbocycles. The van der Waals surface area contributed by atoms with E-state index in [2.05, 4.69) is 0 Å². The third kappa shape index (κ3) is 4.17. The minimum atomic E-state index is -1.33. The molecule has 6 nitrogen and oxygen atoms in total. The van der Waals surface area contributed by atoms with Gasteiger partial charge in [0.2, 0.25) is 5.43 Å². The fraction of sp³-hybridized carbons (Fsp3) is 0.125. The molecule has 2 N–H and O–H groups in total. The number of aromatic nitrogens is 1. The second-order valence-electron chi connectivity index (χ2n) is 2.82. The van der Waals surface area contributed by atoms with Crippen molar-refractivity contribution in [1.29, 1.82) is 0 Å². The predicted molar refractivity (Wildman–Crippen MR) is 82.5 cm³/mol. The zero-order chi connectivity index (χ0) is 12.6. The van der Waals surface area contributed by atoms with Crippen LogP contribution in [0.5, 0.6) is 0 Å². The van der Waals surface area contributed by atoms with E-state index >= 15 is 0 Å². The summed E-state index contributed by atoms with van der Waals surface area (Å²) in [7, 11) is 1.30. The molecule has 1 aromatic rings. The zero-order valence-corrected chi connectivity index (χ0v) is 18.1. The van der Waals surface area contributed by atoms with Crippen molar-refractivity contribution in [2.24, 2.45) is 7.05 Å². The molecule has 1 aromatic heterocycles. The largest absolute Gasteiger partial charge is 0.477 e. The standard InChI is InChI=1S/C8H5I2NO5.2Na/c1-11-4(7(13)14)2(9)6(12)3(10)5(11)8(15)16;;/h1H3,(H,13,14)(H,15,16);;. The molecule has 0 amide bonds. The average Bonchev–Trinajstić information content (AvgIpc) is 2.13. The van der Waals surface area contributed by atoms with Gasteiger partial charge in [-0.3, -0.25) is 4.79 Å². The van der Waals surface area contributed by atoms with Crippen LogP contribution in [0.15, 0.2) is 4.79 Å². The van der Waals surface area contributed by atoms with E-state index in [9.17, 15) is 14.4 Å². The maximum atomic E-state index is 11.6. The van der Waals surface area contributed by atoms with E-state index in [0.717, 1.165) is 4.57 Å². The molecule has 0 bridgehead atoms. The van der Waals surface area contributed by atoms with Crippen molar-refractivity contribution in [3.8, 4) is 0 Å². The Hall–Kier alpha value is 1.35. The van der Waals surface area contributed by atoms with Crippen molar-refractivity contribution >= 4 is 116 Å². The Kier molecular flexibility index (Phi) is 10.3. The van der Waals surface area contributed by atoms with Crippen LogP contribution < -0.4 is 5.43 Å². The summed E-state index contributed by atoms with van der Waals surface area (Å²) in [6.07, 6.45) is 0. The first-order chi connectivity index (χ1) is 7.29. The molecule has 0 aliphatic heterocycles. The van der Waals surface area contributed by atoms with Crippen molar-refractivity contribution in [3.63, 3.8) is 0 Å². The summed E-state index contributed by atoms with van der Waals surface area (Å²) >= 11 is 3.20. The maximum Gasteiger partial charge on any atom is 0.353 e. The normalized spacial score (nSPS) is 9.06. The van der Waals surface area contributed by atoms with Crippen molar-refractivity contribution in [2.75, 3.05) is 0 Å². The van der Waals surface area contributed by atoms with Crippen LogP contribution in [0.2, 0.25) is 0 Å². The number of rotatable bonds is 2. The van der Waals surface area contributed by atoms with E-state index in [0.29, 0.717) is 0 Å². The van der Waals surface area contributed by atoms with Gasteiger partial charge in [0.25, 0.3) is 0 Å². The Bertz CT molecular complexity index is 513. The van der Waals surface area contributed by atoms with Gasteiger partial charge in [-0.05, 0) is 45.2 Å². The average molecular weight is 495 g/mol. The molecule has 0 atom stereocenters. The molecule has 0 saturated heterocycles. The molecule has 2 radical (unpaired) electrons. The molecule has 1 rings (SSSR count). The number of pyridine rings is 1. The minimum absolute atomic E-state index is 0. The molecule has 18 heavy (non-hydrogen) atoms. The third-order valence-electron chi connectivity index (χ3n) is 1.89. The van der Waals surface area contributed by atoms with Crippen molar-refractivity contribution in [1.82, 2.24) is 4.57 Å². The number of carboxylic acids is 2. The van der Waals surface area contributed by atoms with E-state index in [4.69, 9.17) is 10.2 Å². The van der Waals surface area contributed by atoms with Gasteiger partial charge in [-0.1, -0.05) is 0 Å². The van der Waals surface area contributed by atoms with E-state index in [1.807, 2.05) is 0 Å². The van der Waals surface area contributed by atoms with Gasteiger partial charge >= 0.3 is 11.9 Å². The van der Waals surface area contributed by atoms with Gasteiger partial charge in [-0.2, -0.15) is 0 Å². The van der Waals surface area contributed by atoms with Gasteiger partial charge in [0.15, 0.2) is 0 Å². The van der Waals surface area contributed by atoms with Crippen molar-refractivity contribution in [2.45, 2.75) is 0 Å². The maximum absolute atomic E-state index is 11.6. The molecule has 0 saturated carbocycles. The topological polar surface area (TPSA) is 96.6 Å². The molecule has 1 heterocycles. The van der Waals surface area contributed by atoms with Crippen LogP contribution in [0.3, 0.4) is 0 Å². The van der Waals surface area contributed by atoms with Crippen LogP contribution >= 0.6 is 45.2 Å². The van der Waals surface area contributed by atoms with Gasteiger partial charge in [-0.15, -0.1) is 0 Å². The van der Waals surface area contributed by atoms with Crippen LogP contribution in [-0.4, -0.2) is 85.8 Å². The minimum Gasteiger partial charge on any atom is -0.477 e. The van der Waals surface area contributed by atoms with Crippen LogP contribution in [0.25, 0.3) is 0 Å². The first-order valence-electron chi connectivity index (χ1n) is 3.83. The predicted octanol–water partition coefficient (Wildman–Crippen LogP) is 0.229. The third-order valence-corrected chi connectivity index (χ3v) is 3.89. The molecule has 0 fully saturated rings. The molecular weight excluding hydrogens is 490 g/mol. The van der Waals surface area contributed by atoms with Crippen LogP contribution in [0.4, 0.5) is 0 Å². The first-order valence-corrected chi connectivity index (χ1v) is 5.99. The smallest absolute Gasteiger partial charge is 0.353 e. The van der Waals surface area contributed by atoms with Crippen molar-refractivity contribution < 1.29 is 19.8 Å². The summed E-state index contributed by atoms with van der Waals surface area (Å²) in [5, 5.41) is 17.8. The first kappa shape index (κ1) is 21.6. The molecule has 0 unspecified atom stereocenters. The molecule has 0 spiro atoms. The number of nitrogens with zero attached hydrogens (tertiary/aromatic N) is 1. The van der Waals surface area contributed by atoms with Gasteiger partial charge in [0.1, 0.15) is 11.4 Å². The summed E-state index contributed by atoms with van der Waals surface area (Å²) in [6.45, 7) is 0.